The van der Waals surface area contributed by atoms with E-state index in [4.69, 9.17) is 4.74 Å². The van der Waals surface area contributed by atoms with Crippen molar-refractivity contribution in [3.05, 3.63) is 47.7 Å². The molecule has 1 fully saturated rings. The number of H-pyrrole nitrogens is 1. The predicted octanol–water partition coefficient (Wildman–Crippen LogP) is 4.73. The number of nitrogens with zero attached hydrogens (tertiary/aromatic N) is 3. The fraction of sp³-hybridized carbons (Fsp3) is 0.440. The number of hydrogen-bond acceptors (Lipinski definition) is 4. The molecule has 0 saturated carbocycles. The number of amides is 1. The van der Waals surface area contributed by atoms with Crippen molar-refractivity contribution in [1.82, 2.24) is 19.8 Å². The van der Waals surface area contributed by atoms with Crippen LogP contribution < -0.4 is 4.74 Å². The molecular weight excluding hydrogens is 404 g/mol. The molecule has 4 rings (SSSR count). The van der Waals surface area contributed by atoms with E-state index in [0.29, 0.717) is 19.7 Å². The number of benzene rings is 1. The lowest BCUT2D eigenvalue weighted by Gasteiger charge is -2.31. The summed E-state index contributed by atoms with van der Waals surface area (Å²) >= 11 is 0. The summed E-state index contributed by atoms with van der Waals surface area (Å²) in [6, 6.07) is 10.3. The Balaban J connectivity index is 1.63. The minimum atomic E-state index is -0.846. The number of piperidine rings is 1. The third-order valence-electron chi connectivity index (χ3n) is 6.09. The van der Waals surface area contributed by atoms with Crippen LogP contribution in [0.1, 0.15) is 36.3 Å². The summed E-state index contributed by atoms with van der Waals surface area (Å²) in [5, 5.41) is 10.6. The molecule has 3 heterocycles. The van der Waals surface area contributed by atoms with Gasteiger partial charge in [-0.1, -0.05) is 0 Å². The summed E-state index contributed by atoms with van der Waals surface area (Å²) in [6.45, 7) is 4.83. The highest BCUT2D eigenvalue weighted by atomic mass is 16.5. The zero-order chi connectivity index (χ0) is 22.7. The topological polar surface area (TPSA) is 81.7 Å². The molecule has 1 unspecified atom stereocenters. The summed E-state index contributed by atoms with van der Waals surface area (Å²) in [7, 11) is 4.12. The van der Waals surface area contributed by atoms with Crippen molar-refractivity contribution in [3.63, 3.8) is 0 Å². The number of likely N-dealkylation sites (tertiary alicyclic amines) is 1. The number of fused-ring (bicyclic) bond motifs is 1. The molecule has 1 aliphatic heterocycles. The van der Waals surface area contributed by atoms with Crippen LogP contribution in [0.2, 0.25) is 0 Å². The lowest BCUT2D eigenvalue weighted by atomic mass is 9.87. The minimum Gasteiger partial charge on any atom is -0.494 e. The molecule has 1 aromatic carbocycles. The summed E-state index contributed by atoms with van der Waals surface area (Å²) < 4.78 is 5.89. The Bertz CT molecular complexity index is 1070. The van der Waals surface area contributed by atoms with Crippen molar-refractivity contribution >= 4 is 17.1 Å². The van der Waals surface area contributed by atoms with Gasteiger partial charge in [-0.05, 0) is 87.3 Å². The van der Waals surface area contributed by atoms with Crippen molar-refractivity contribution in [2.75, 3.05) is 40.3 Å². The van der Waals surface area contributed by atoms with Crippen LogP contribution in [0, 0.1) is 6.92 Å². The van der Waals surface area contributed by atoms with Crippen LogP contribution in [0.4, 0.5) is 4.79 Å². The second-order valence-corrected chi connectivity index (χ2v) is 8.92. The number of carboxylic acid groups (broad SMARTS) is 1. The number of pyridine rings is 1. The van der Waals surface area contributed by atoms with Gasteiger partial charge in [-0.2, -0.15) is 0 Å². The van der Waals surface area contributed by atoms with E-state index >= 15 is 0 Å². The van der Waals surface area contributed by atoms with Crippen LogP contribution in [0.15, 0.2) is 36.5 Å². The SMILES string of the molecule is Cc1cnc2[nH]c(-c3ccc(OCCCN(C)C)cc3)c(C3CCCN(C(=O)O)C3)c2c1. The van der Waals surface area contributed by atoms with Crippen LogP contribution in [0.3, 0.4) is 0 Å². The van der Waals surface area contributed by atoms with Gasteiger partial charge < -0.3 is 24.6 Å². The molecule has 1 saturated heterocycles. The Hall–Kier alpha value is -3.06. The quantitative estimate of drug-likeness (QED) is 0.524. The predicted molar refractivity (Wildman–Crippen MR) is 127 cm³/mol. The number of aryl methyl sites for hydroxylation is 1. The Kier molecular flexibility index (Phi) is 6.65. The van der Waals surface area contributed by atoms with E-state index in [1.54, 1.807) is 0 Å². The molecule has 0 bridgehead atoms. The second kappa shape index (κ2) is 9.61. The fourth-order valence-corrected chi connectivity index (χ4v) is 4.52. The highest BCUT2D eigenvalue weighted by Crippen LogP contribution is 2.39. The van der Waals surface area contributed by atoms with Crippen LogP contribution in [0.25, 0.3) is 22.3 Å². The molecule has 7 heteroatoms. The normalized spacial score (nSPS) is 16.6. The standard InChI is InChI=1S/C25H32N4O3/c1-17-14-21-22(19-6-4-12-29(16-19)25(30)31)23(27-24(21)26-15-17)18-7-9-20(10-8-18)32-13-5-11-28(2)3/h7-10,14-15,19H,4-6,11-13,16H2,1-3H3,(H,26,27)(H,30,31). The van der Waals surface area contributed by atoms with Crippen LogP contribution >= 0.6 is 0 Å². The average Bonchev–Trinajstić information content (AvgIpc) is 3.15. The molecule has 0 radical (unpaired) electrons. The fourth-order valence-electron chi connectivity index (χ4n) is 4.52. The van der Waals surface area contributed by atoms with Gasteiger partial charge in [0.2, 0.25) is 0 Å². The molecule has 32 heavy (non-hydrogen) atoms. The third kappa shape index (κ3) is 4.88. The van der Waals surface area contributed by atoms with Crippen molar-refractivity contribution < 1.29 is 14.6 Å². The Morgan fingerprint density at radius 3 is 2.81 bits per heavy atom. The van der Waals surface area contributed by atoms with Gasteiger partial charge in [-0.3, -0.25) is 0 Å². The maximum Gasteiger partial charge on any atom is 0.407 e. The Labute approximate surface area is 189 Å². The lowest BCUT2D eigenvalue weighted by molar-refractivity contribution is 0.130. The number of ether oxygens (including phenoxy) is 1. The highest BCUT2D eigenvalue weighted by molar-refractivity contribution is 5.89. The number of rotatable bonds is 7. The molecule has 170 valence electrons. The molecule has 1 amide bonds. The highest BCUT2D eigenvalue weighted by Gasteiger charge is 2.29. The first-order chi connectivity index (χ1) is 15.4. The van der Waals surface area contributed by atoms with Gasteiger partial charge in [0.1, 0.15) is 11.4 Å². The number of aromatic amines is 1. The van der Waals surface area contributed by atoms with Crippen molar-refractivity contribution in [3.8, 4) is 17.0 Å². The van der Waals surface area contributed by atoms with Gasteiger partial charge >= 0.3 is 6.09 Å². The molecular formula is C25H32N4O3. The van der Waals surface area contributed by atoms with Crippen LogP contribution in [-0.2, 0) is 0 Å². The van der Waals surface area contributed by atoms with E-state index in [1.165, 1.54) is 10.5 Å². The van der Waals surface area contributed by atoms with Crippen molar-refractivity contribution in [1.29, 1.82) is 0 Å². The molecule has 1 aliphatic rings. The molecule has 1 atom stereocenters. The van der Waals surface area contributed by atoms with Crippen molar-refractivity contribution in [2.24, 2.45) is 0 Å². The first kappa shape index (κ1) is 22.1. The van der Waals surface area contributed by atoms with Gasteiger partial charge in [0.15, 0.2) is 0 Å². The number of hydrogen-bond donors (Lipinski definition) is 2. The zero-order valence-electron chi connectivity index (χ0n) is 19.1. The van der Waals surface area contributed by atoms with E-state index in [1.807, 2.05) is 25.3 Å². The van der Waals surface area contributed by atoms with E-state index in [9.17, 15) is 9.90 Å². The molecule has 2 N–H and O–H groups in total. The van der Waals surface area contributed by atoms with Gasteiger partial charge in [0, 0.05) is 37.1 Å². The molecule has 3 aromatic rings. The van der Waals surface area contributed by atoms with Gasteiger partial charge in [0.05, 0.1) is 12.3 Å². The van der Waals surface area contributed by atoms with Gasteiger partial charge in [-0.25, -0.2) is 9.78 Å². The lowest BCUT2D eigenvalue weighted by Crippen LogP contribution is -2.38. The maximum absolute atomic E-state index is 11.6. The van der Waals surface area contributed by atoms with Crippen molar-refractivity contribution in [2.45, 2.75) is 32.1 Å². The van der Waals surface area contributed by atoms with Crippen LogP contribution in [-0.4, -0.2) is 71.3 Å². The second-order valence-electron chi connectivity index (χ2n) is 8.92. The Morgan fingerprint density at radius 2 is 2.09 bits per heavy atom. The Morgan fingerprint density at radius 1 is 1.31 bits per heavy atom. The molecule has 7 nitrogen and oxygen atoms in total. The third-order valence-corrected chi connectivity index (χ3v) is 6.09. The van der Waals surface area contributed by atoms with Gasteiger partial charge in [0.25, 0.3) is 0 Å². The summed E-state index contributed by atoms with van der Waals surface area (Å²) in [4.78, 5) is 23.4. The first-order valence-corrected chi connectivity index (χ1v) is 11.3. The van der Waals surface area contributed by atoms with E-state index in [0.717, 1.165) is 59.4 Å². The van der Waals surface area contributed by atoms with Gasteiger partial charge in [-0.15, -0.1) is 0 Å². The maximum atomic E-state index is 11.6. The summed E-state index contributed by atoms with van der Waals surface area (Å²) in [5.41, 5.74) is 5.19. The molecule has 0 spiro atoms. The van der Waals surface area contributed by atoms with E-state index < -0.39 is 6.09 Å². The average molecular weight is 437 g/mol. The summed E-state index contributed by atoms with van der Waals surface area (Å²) in [5.74, 6) is 0.989. The zero-order valence-corrected chi connectivity index (χ0v) is 19.1. The first-order valence-electron chi connectivity index (χ1n) is 11.3. The smallest absolute Gasteiger partial charge is 0.407 e. The molecule has 0 aliphatic carbocycles. The largest absolute Gasteiger partial charge is 0.494 e. The van der Waals surface area contributed by atoms with E-state index in [-0.39, 0.29) is 5.92 Å². The minimum absolute atomic E-state index is 0.133. The molecule has 2 aromatic heterocycles. The van der Waals surface area contributed by atoms with E-state index in [2.05, 4.69) is 47.2 Å². The number of nitrogens with one attached hydrogen (secondary N) is 1. The van der Waals surface area contributed by atoms with Crippen LogP contribution in [0.5, 0.6) is 5.75 Å². The number of carbonyl (C=O) groups is 1. The monoisotopic (exact) mass is 436 g/mol. The summed E-state index contributed by atoms with van der Waals surface area (Å²) in [6.07, 6.45) is 3.82. The number of aromatic nitrogens is 2.